The highest BCUT2D eigenvalue weighted by Gasteiger charge is 2.22. The summed E-state index contributed by atoms with van der Waals surface area (Å²) in [6.45, 7) is 3.14. The lowest BCUT2D eigenvalue weighted by Gasteiger charge is -2.18. The van der Waals surface area contributed by atoms with Crippen LogP contribution in [-0.4, -0.2) is 35.1 Å². The highest BCUT2D eigenvalue weighted by molar-refractivity contribution is 5.73. The van der Waals surface area contributed by atoms with Gasteiger partial charge in [-0.05, 0) is 36.6 Å². The van der Waals surface area contributed by atoms with Gasteiger partial charge in [0.1, 0.15) is 5.65 Å². The Balaban J connectivity index is 1.22. The first-order valence-corrected chi connectivity index (χ1v) is 9.02. The zero-order valence-electron chi connectivity index (χ0n) is 14.6. The molecule has 2 aromatic heterocycles. The van der Waals surface area contributed by atoms with Gasteiger partial charge in [-0.3, -0.25) is 0 Å². The van der Waals surface area contributed by atoms with Crippen molar-refractivity contribution in [2.75, 3.05) is 24.5 Å². The lowest BCUT2D eigenvalue weighted by Crippen LogP contribution is -2.38. The fourth-order valence-corrected chi connectivity index (χ4v) is 3.42. The maximum absolute atomic E-state index is 12.1. The second-order valence-corrected chi connectivity index (χ2v) is 6.70. The average Bonchev–Trinajstić information content (AvgIpc) is 3.32. The molecule has 1 aliphatic rings. The molecule has 1 saturated heterocycles. The quantitative estimate of drug-likeness (QED) is 0.744. The number of benzene rings is 1. The van der Waals surface area contributed by atoms with Gasteiger partial charge < -0.3 is 19.9 Å². The van der Waals surface area contributed by atoms with Crippen molar-refractivity contribution in [1.29, 1.82) is 0 Å². The number of carbonyl (C=O) groups is 1. The summed E-state index contributed by atoms with van der Waals surface area (Å²) in [5, 5.41) is 5.88. The number of pyridine rings is 1. The molecule has 1 aromatic carbocycles. The van der Waals surface area contributed by atoms with E-state index >= 15 is 0 Å². The normalized spacial score (nSPS) is 16.8. The number of imidazole rings is 1. The summed E-state index contributed by atoms with van der Waals surface area (Å²) >= 11 is 0. The highest BCUT2D eigenvalue weighted by Crippen LogP contribution is 2.22. The maximum Gasteiger partial charge on any atom is 0.315 e. The number of nitrogens with zero attached hydrogens (tertiary/aromatic N) is 3. The Bertz CT molecular complexity index is 843. The van der Waals surface area contributed by atoms with E-state index in [4.69, 9.17) is 0 Å². The lowest BCUT2D eigenvalue weighted by molar-refractivity contribution is 0.239. The molecule has 6 nitrogen and oxygen atoms in total. The van der Waals surface area contributed by atoms with Crippen LogP contribution < -0.4 is 15.5 Å². The average molecular weight is 349 g/mol. The molecule has 2 amide bonds. The Labute approximate surface area is 152 Å². The maximum atomic E-state index is 12.1. The van der Waals surface area contributed by atoms with Gasteiger partial charge in [-0.1, -0.05) is 24.3 Å². The molecule has 0 radical (unpaired) electrons. The van der Waals surface area contributed by atoms with Gasteiger partial charge in [-0.25, -0.2) is 9.78 Å². The smallest absolute Gasteiger partial charge is 0.315 e. The lowest BCUT2D eigenvalue weighted by atomic mass is 10.1. The van der Waals surface area contributed by atoms with Crippen molar-refractivity contribution < 1.29 is 4.79 Å². The number of para-hydroxylation sites is 1. The van der Waals surface area contributed by atoms with Crippen molar-refractivity contribution in [3.05, 3.63) is 66.6 Å². The molecular formula is C20H23N5O. The molecular weight excluding hydrogens is 326 g/mol. The SMILES string of the molecule is O=C(NCc1cn2ccccc2n1)NCC1CCN(c2ccccc2)C1. The van der Waals surface area contributed by atoms with E-state index in [1.165, 1.54) is 5.69 Å². The summed E-state index contributed by atoms with van der Waals surface area (Å²) in [6.07, 6.45) is 4.98. The van der Waals surface area contributed by atoms with E-state index < -0.39 is 0 Å². The van der Waals surface area contributed by atoms with Gasteiger partial charge in [0, 0.05) is 37.7 Å². The van der Waals surface area contributed by atoms with Crippen LogP contribution in [-0.2, 0) is 6.54 Å². The molecule has 0 saturated carbocycles. The molecule has 3 aromatic rings. The topological polar surface area (TPSA) is 61.7 Å². The van der Waals surface area contributed by atoms with Gasteiger partial charge in [0.2, 0.25) is 0 Å². The molecule has 134 valence electrons. The number of rotatable bonds is 5. The van der Waals surface area contributed by atoms with Gasteiger partial charge in [0.05, 0.1) is 12.2 Å². The molecule has 3 heterocycles. The number of nitrogens with one attached hydrogen (secondary N) is 2. The van der Waals surface area contributed by atoms with Crippen LogP contribution in [0.4, 0.5) is 10.5 Å². The molecule has 1 fully saturated rings. The number of anilines is 1. The Kier molecular flexibility index (Phi) is 4.73. The van der Waals surface area contributed by atoms with Gasteiger partial charge in [-0.15, -0.1) is 0 Å². The second-order valence-electron chi connectivity index (χ2n) is 6.70. The summed E-state index contributed by atoms with van der Waals surface area (Å²) in [5.41, 5.74) is 2.99. The standard InChI is InChI=1S/C20H23N5O/c26-20(22-13-17-15-25-10-5-4-8-19(25)23-17)21-12-16-9-11-24(14-16)18-6-2-1-3-7-18/h1-8,10,15-16H,9,11-14H2,(H2,21,22,26). The van der Waals surface area contributed by atoms with Crippen molar-refractivity contribution in [3.8, 4) is 0 Å². The summed E-state index contributed by atoms with van der Waals surface area (Å²) < 4.78 is 1.95. The number of amides is 2. The molecule has 0 bridgehead atoms. The monoisotopic (exact) mass is 349 g/mol. The fourth-order valence-electron chi connectivity index (χ4n) is 3.42. The molecule has 1 unspecified atom stereocenters. The molecule has 6 heteroatoms. The van der Waals surface area contributed by atoms with Crippen molar-refractivity contribution in [2.24, 2.45) is 5.92 Å². The van der Waals surface area contributed by atoms with Crippen LogP contribution in [0.1, 0.15) is 12.1 Å². The summed E-state index contributed by atoms with van der Waals surface area (Å²) in [7, 11) is 0. The minimum atomic E-state index is -0.139. The minimum Gasteiger partial charge on any atom is -0.371 e. The molecule has 1 aliphatic heterocycles. The molecule has 2 N–H and O–H groups in total. The van der Waals surface area contributed by atoms with Gasteiger partial charge in [0.25, 0.3) is 0 Å². The third-order valence-corrected chi connectivity index (χ3v) is 4.80. The van der Waals surface area contributed by atoms with Crippen LogP contribution in [0.2, 0.25) is 0 Å². The first-order chi connectivity index (χ1) is 12.8. The third-order valence-electron chi connectivity index (χ3n) is 4.80. The number of urea groups is 1. The Morgan fingerprint density at radius 3 is 2.81 bits per heavy atom. The van der Waals surface area contributed by atoms with E-state index in [0.717, 1.165) is 30.9 Å². The van der Waals surface area contributed by atoms with Crippen molar-refractivity contribution in [3.63, 3.8) is 0 Å². The minimum absolute atomic E-state index is 0.139. The van der Waals surface area contributed by atoms with E-state index in [-0.39, 0.29) is 6.03 Å². The molecule has 0 spiro atoms. The summed E-state index contributed by atoms with van der Waals surface area (Å²) in [4.78, 5) is 18.9. The first-order valence-electron chi connectivity index (χ1n) is 9.02. The molecule has 1 atom stereocenters. The highest BCUT2D eigenvalue weighted by atomic mass is 16.2. The Morgan fingerprint density at radius 1 is 1.12 bits per heavy atom. The fraction of sp³-hybridized carbons (Fsp3) is 0.300. The van der Waals surface area contributed by atoms with Crippen LogP contribution in [0.15, 0.2) is 60.9 Å². The summed E-state index contributed by atoms with van der Waals surface area (Å²) in [6, 6.07) is 16.1. The molecule has 26 heavy (non-hydrogen) atoms. The van der Waals surface area contributed by atoms with Gasteiger partial charge in [-0.2, -0.15) is 0 Å². The van der Waals surface area contributed by atoms with E-state index in [2.05, 4.69) is 44.8 Å². The van der Waals surface area contributed by atoms with E-state index in [1.54, 1.807) is 0 Å². The van der Waals surface area contributed by atoms with E-state index in [0.29, 0.717) is 19.0 Å². The first kappa shape index (κ1) is 16.4. The number of fused-ring (bicyclic) bond motifs is 1. The number of hydrogen-bond acceptors (Lipinski definition) is 3. The largest absolute Gasteiger partial charge is 0.371 e. The van der Waals surface area contributed by atoms with Crippen LogP contribution in [0, 0.1) is 5.92 Å². The van der Waals surface area contributed by atoms with Crippen molar-refractivity contribution in [1.82, 2.24) is 20.0 Å². The van der Waals surface area contributed by atoms with E-state index in [9.17, 15) is 4.79 Å². The van der Waals surface area contributed by atoms with Crippen LogP contribution in [0.25, 0.3) is 5.65 Å². The number of aromatic nitrogens is 2. The third kappa shape index (κ3) is 3.79. The van der Waals surface area contributed by atoms with Gasteiger partial charge in [0.15, 0.2) is 0 Å². The summed E-state index contributed by atoms with van der Waals surface area (Å²) in [5.74, 6) is 0.483. The van der Waals surface area contributed by atoms with E-state index in [1.807, 2.05) is 41.1 Å². The Morgan fingerprint density at radius 2 is 1.96 bits per heavy atom. The predicted octanol–water partition coefficient (Wildman–Crippen LogP) is 2.66. The number of hydrogen-bond donors (Lipinski definition) is 2. The van der Waals surface area contributed by atoms with Crippen LogP contribution >= 0.6 is 0 Å². The van der Waals surface area contributed by atoms with Crippen LogP contribution in [0.3, 0.4) is 0 Å². The predicted molar refractivity (Wildman–Crippen MR) is 102 cm³/mol. The van der Waals surface area contributed by atoms with Crippen molar-refractivity contribution in [2.45, 2.75) is 13.0 Å². The van der Waals surface area contributed by atoms with Crippen molar-refractivity contribution >= 4 is 17.4 Å². The molecule has 0 aliphatic carbocycles. The van der Waals surface area contributed by atoms with Gasteiger partial charge >= 0.3 is 6.03 Å². The number of carbonyl (C=O) groups excluding carboxylic acids is 1. The zero-order chi connectivity index (χ0) is 17.8. The molecule has 4 rings (SSSR count). The second kappa shape index (κ2) is 7.47. The van der Waals surface area contributed by atoms with Crippen LogP contribution in [0.5, 0.6) is 0 Å². The Hall–Kier alpha value is -3.02. The zero-order valence-corrected chi connectivity index (χ0v) is 14.6.